The number of nitrogens with two attached hydrogens (primary N) is 1. The molecule has 0 unspecified atom stereocenters. The van der Waals surface area contributed by atoms with E-state index in [4.69, 9.17) is 5.73 Å². The van der Waals surface area contributed by atoms with Gasteiger partial charge >= 0.3 is 5.97 Å². The van der Waals surface area contributed by atoms with Crippen molar-refractivity contribution in [3.05, 3.63) is 23.8 Å². The molecule has 0 heterocycles. The first-order valence-electron chi connectivity index (χ1n) is 4.80. The van der Waals surface area contributed by atoms with E-state index in [1.165, 1.54) is 7.11 Å². The van der Waals surface area contributed by atoms with Crippen LogP contribution in [0.3, 0.4) is 0 Å². The molecule has 15 heavy (non-hydrogen) atoms. The number of anilines is 2. The summed E-state index contributed by atoms with van der Waals surface area (Å²) in [6, 6.07) is 5.76. The molecule has 0 bridgehead atoms. The van der Waals surface area contributed by atoms with Crippen molar-refractivity contribution < 1.29 is 9.53 Å². The lowest BCUT2D eigenvalue weighted by atomic mass is 10.2. The lowest BCUT2D eigenvalue weighted by Crippen LogP contribution is -2.10. The molecule has 0 atom stereocenters. The Hall–Kier alpha value is -1.71. The summed E-state index contributed by atoms with van der Waals surface area (Å²) < 4.78 is 4.53. The summed E-state index contributed by atoms with van der Waals surface area (Å²) in [5.74, 6) is -0.229. The standard InChI is InChI=1S/C11H16N2O2/c1-8-3-4-10(9(12)7-8)13-6-5-11(14)15-2/h3-4,7,13H,5-6,12H2,1-2H3. The molecule has 0 spiro atoms. The Balaban J connectivity index is 2.47. The highest BCUT2D eigenvalue weighted by Gasteiger charge is 2.01. The monoisotopic (exact) mass is 208 g/mol. The van der Waals surface area contributed by atoms with Gasteiger partial charge in [0.05, 0.1) is 24.9 Å². The van der Waals surface area contributed by atoms with E-state index in [1.807, 2.05) is 25.1 Å². The van der Waals surface area contributed by atoms with Crippen molar-refractivity contribution in [3.63, 3.8) is 0 Å². The van der Waals surface area contributed by atoms with Crippen LogP contribution in [0.2, 0.25) is 0 Å². The Labute approximate surface area is 89.4 Å². The first kappa shape index (κ1) is 11.4. The average Bonchev–Trinajstić information content (AvgIpc) is 2.21. The van der Waals surface area contributed by atoms with Crippen molar-refractivity contribution in [2.24, 2.45) is 0 Å². The number of methoxy groups -OCH3 is 1. The minimum absolute atomic E-state index is 0.229. The number of hydrogen-bond acceptors (Lipinski definition) is 4. The number of carbonyl (C=O) groups is 1. The fourth-order valence-corrected chi connectivity index (χ4v) is 1.24. The van der Waals surface area contributed by atoms with Gasteiger partial charge in [0.15, 0.2) is 0 Å². The molecule has 0 aliphatic heterocycles. The number of benzene rings is 1. The second kappa shape index (κ2) is 5.24. The van der Waals surface area contributed by atoms with Crippen molar-refractivity contribution in [2.75, 3.05) is 24.7 Å². The number of hydrogen-bond donors (Lipinski definition) is 2. The van der Waals surface area contributed by atoms with Crippen LogP contribution in [0.5, 0.6) is 0 Å². The molecule has 0 fully saturated rings. The van der Waals surface area contributed by atoms with Crippen molar-refractivity contribution in [2.45, 2.75) is 13.3 Å². The van der Waals surface area contributed by atoms with Gasteiger partial charge in [0.2, 0.25) is 0 Å². The van der Waals surface area contributed by atoms with Gasteiger partial charge < -0.3 is 15.8 Å². The zero-order valence-electron chi connectivity index (χ0n) is 9.04. The number of nitrogens with one attached hydrogen (secondary N) is 1. The van der Waals surface area contributed by atoms with E-state index < -0.39 is 0 Å². The Kier molecular flexibility index (Phi) is 3.97. The van der Waals surface area contributed by atoms with Gasteiger partial charge in [-0.2, -0.15) is 0 Å². The summed E-state index contributed by atoms with van der Waals surface area (Å²) in [7, 11) is 1.38. The van der Waals surface area contributed by atoms with Crippen LogP contribution < -0.4 is 11.1 Å². The second-order valence-electron chi connectivity index (χ2n) is 3.34. The molecule has 1 aromatic carbocycles. The number of rotatable bonds is 4. The first-order valence-corrected chi connectivity index (χ1v) is 4.80. The molecule has 0 amide bonds. The van der Waals surface area contributed by atoms with Gasteiger partial charge in [0.1, 0.15) is 0 Å². The van der Waals surface area contributed by atoms with E-state index in [0.29, 0.717) is 18.7 Å². The normalized spacial score (nSPS) is 9.73. The summed E-state index contributed by atoms with van der Waals surface area (Å²) in [5.41, 5.74) is 8.45. The van der Waals surface area contributed by atoms with Gasteiger partial charge in [0, 0.05) is 6.54 Å². The number of nitrogen functional groups attached to an aromatic ring is 1. The summed E-state index contributed by atoms with van der Waals surface area (Å²) >= 11 is 0. The molecular weight excluding hydrogens is 192 g/mol. The molecule has 0 saturated carbocycles. The molecule has 0 aliphatic carbocycles. The van der Waals surface area contributed by atoms with Gasteiger partial charge in [-0.3, -0.25) is 4.79 Å². The Bertz CT molecular complexity index is 350. The number of ether oxygens (including phenoxy) is 1. The molecule has 82 valence electrons. The molecule has 0 saturated heterocycles. The molecule has 3 N–H and O–H groups in total. The second-order valence-corrected chi connectivity index (χ2v) is 3.34. The maximum atomic E-state index is 10.8. The van der Waals surface area contributed by atoms with E-state index in [2.05, 4.69) is 10.1 Å². The average molecular weight is 208 g/mol. The topological polar surface area (TPSA) is 64.3 Å². The molecule has 4 heteroatoms. The van der Waals surface area contributed by atoms with Crippen molar-refractivity contribution in [3.8, 4) is 0 Å². The molecular formula is C11H16N2O2. The summed E-state index contributed by atoms with van der Waals surface area (Å²) in [6.45, 7) is 2.51. The fraction of sp³-hybridized carbons (Fsp3) is 0.364. The van der Waals surface area contributed by atoms with Crippen LogP contribution in [0.15, 0.2) is 18.2 Å². The summed E-state index contributed by atoms with van der Waals surface area (Å²) in [5, 5.41) is 3.08. The van der Waals surface area contributed by atoms with Gasteiger partial charge in [-0.25, -0.2) is 0 Å². The number of carbonyl (C=O) groups excluding carboxylic acids is 1. The maximum absolute atomic E-state index is 10.8. The van der Waals surface area contributed by atoms with Crippen LogP contribution in [-0.4, -0.2) is 19.6 Å². The lowest BCUT2D eigenvalue weighted by molar-refractivity contribution is -0.140. The molecule has 0 radical (unpaired) electrons. The highest BCUT2D eigenvalue weighted by atomic mass is 16.5. The minimum Gasteiger partial charge on any atom is -0.469 e. The number of aryl methyl sites for hydroxylation is 1. The van der Waals surface area contributed by atoms with E-state index in [9.17, 15) is 4.79 Å². The van der Waals surface area contributed by atoms with Gasteiger partial charge in [0.25, 0.3) is 0 Å². The van der Waals surface area contributed by atoms with Crippen LogP contribution in [0, 0.1) is 6.92 Å². The van der Waals surface area contributed by atoms with Crippen LogP contribution >= 0.6 is 0 Å². The van der Waals surface area contributed by atoms with Crippen LogP contribution in [0.25, 0.3) is 0 Å². The van der Waals surface area contributed by atoms with E-state index in [-0.39, 0.29) is 5.97 Å². The van der Waals surface area contributed by atoms with E-state index in [0.717, 1.165) is 11.3 Å². The predicted octanol–water partition coefficient (Wildman–Crippen LogP) is 1.55. The third-order valence-electron chi connectivity index (χ3n) is 2.08. The molecule has 4 nitrogen and oxygen atoms in total. The third-order valence-corrected chi connectivity index (χ3v) is 2.08. The smallest absolute Gasteiger partial charge is 0.307 e. The maximum Gasteiger partial charge on any atom is 0.307 e. The van der Waals surface area contributed by atoms with Crippen molar-refractivity contribution in [1.29, 1.82) is 0 Å². The summed E-state index contributed by atoms with van der Waals surface area (Å²) in [4.78, 5) is 10.8. The highest BCUT2D eigenvalue weighted by molar-refractivity contribution is 5.71. The molecule has 0 aromatic heterocycles. The largest absolute Gasteiger partial charge is 0.469 e. The third kappa shape index (κ3) is 3.50. The van der Waals surface area contributed by atoms with Crippen molar-refractivity contribution in [1.82, 2.24) is 0 Å². The van der Waals surface area contributed by atoms with Gasteiger partial charge in [-0.15, -0.1) is 0 Å². The van der Waals surface area contributed by atoms with Gasteiger partial charge in [-0.1, -0.05) is 6.07 Å². The van der Waals surface area contributed by atoms with Crippen molar-refractivity contribution >= 4 is 17.3 Å². The SMILES string of the molecule is COC(=O)CCNc1ccc(C)cc1N. The Morgan fingerprint density at radius 2 is 2.27 bits per heavy atom. The Morgan fingerprint density at radius 1 is 1.53 bits per heavy atom. The molecule has 1 aromatic rings. The molecule has 1 rings (SSSR count). The predicted molar refractivity (Wildman–Crippen MR) is 60.7 cm³/mol. The highest BCUT2D eigenvalue weighted by Crippen LogP contribution is 2.19. The van der Waals surface area contributed by atoms with E-state index >= 15 is 0 Å². The van der Waals surface area contributed by atoms with Crippen LogP contribution in [0.4, 0.5) is 11.4 Å². The van der Waals surface area contributed by atoms with E-state index in [1.54, 1.807) is 0 Å². The zero-order valence-corrected chi connectivity index (χ0v) is 9.04. The van der Waals surface area contributed by atoms with Crippen LogP contribution in [0.1, 0.15) is 12.0 Å². The zero-order chi connectivity index (χ0) is 11.3. The lowest BCUT2D eigenvalue weighted by Gasteiger charge is -2.09. The Morgan fingerprint density at radius 3 is 2.87 bits per heavy atom. The summed E-state index contributed by atoms with van der Waals surface area (Å²) in [6.07, 6.45) is 0.337. The molecule has 0 aliphatic rings. The van der Waals surface area contributed by atoms with Crippen LogP contribution in [-0.2, 0) is 9.53 Å². The fourth-order valence-electron chi connectivity index (χ4n) is 1.24. The first-order chi connectivity index (χ1) is 7.13. The number of esters is 1. The minimum atomic E-state index is -0.229. The van der Waals surface area contributed by atoms with Gasteiger partial charge in [-0.05, 0) is 24.6 Å². The quantitative estimate of drug-likeness (QED) is 0.582.